The standard InChI is InChI=1S/C11H7BrN2O.C2H4O2.Na/c1-15-10-5-4-9(12)8-3-2-7(6-13)14-11(8)10;1-2(3)4;/h2-5H,1H3;1H3,(H,3,4);/q;;+1/p-1. The Bertz CT molecular complexity index is 652. The van der Waals surface area contributed by atoms with Gasteiger partial charge >= 0.3 is 29.6 Å². The summed E-state index contributed by atoms with van der Waals surface area (Å²) in [5.41, 5.74) is 1.09. The first kappa shape index (κ1) is 18.9. The molecule has 1 aromatic carbocycles. The fourth-order valence-electron chi connectivity index (χ4n) is 1.38. The first-order valence-electron chi connectivity index (χ1n) is 5.20. The van der Waals surface area contributed by atoms with E-state index in [-0.39, 0.29) is 29.6 Å². The van der Waals surface area contributed by atoms with E-state index in [2.05, 4.69) is 20.9 Å². The zero-order valence-electron chi connectivity index (χ0n) is 11.3. The Balaban J connectivity index is 0.000000644. The molecule has 0 amide bonds. The molecule has 1 aromatic heterocycles. The van der Waals surface area contributed by atoms with Crippen LogP contribution >= 0.6 is 15.9 Å². The summed E-state index contributed by atoms with van der Waals surface area (Å²) in [5, 5.41) is 18.6. The number of carboxylic acid groups (broad SMARTS) is 1. The van der Waals surface area contributed by atoms with Crippen molar-refractivity contribution in [1.82, 2.24) is 4.98 Å². The Morgan fingerprint density at radius 3 is 2.50 bits per heavy atom. The molecular formula is C13H10BrN2NaO3. The zero-order chi connectivity index (χ0) is 14.4. The van der Waals surface area contributed by atoms with Crippen LogP contribution in [-0.4, -0.2) is 18.1 Å². The van der Waals surface area contributed by atoms with Crippen LogP contribution in [0.15, 0.2) is 28.7 Å². The molecule has 0 aliphatic heterocycles. The summed E-state index contributed by atoms with van der Waals surface area (Å²) in [6, 6.07) is 9.27. The summed E-state index contributed by atoms with van der Waals surface area (Å²) in [5.74, 6) is -0.412. The van der Waals surface area contributed by atoms with Gasteiger partial charge in [-0.3, -0.25) is 0 Å². The number of ether oxygens (including phenoxy) is 1. The maximum absolute atomic E-state index is 8.89. The minimum absolute atomic E-state index is 0. The first-order valence-corrected chi connectivity index (χ1v) is 5.99. The van der Waals surface area contributed by atoms with Crippen molar-refractivity contribution in [3.05, 3.63) is 34.4 Å². The van der Waals surface area contributed by atoms with Crippen molar-refractivity contribution in [3.63, 3.8) is 0 Å². The molecule has 0 N–H and O–H groups in total. The fourth-order valence-corrected chi connectivity index (χ4v) is 1.84. The number of halogens is 1. The van der Waals surface area contributed by atoms with Gasteiger partial charge in [0.05, 0.1) is 7.11 Å². The van der Waals surface area contributed by atoms with E-state index in [4.69, 9.17) is 19.9 Å². The van der Waals surface area contributed by atoms with Crippen LogP contribution in [0.3, 0.4) is 0 Å². The molecule has 1 heterocycles. The smallest absolute Gasteiger partial charge is 0.550 e. The summed E-state index contributed by atoms with van der Waals surface area (Å²) >= 11 is 3.43. The van der Waals surface area contributed by atoms with Gasteiger partial charge in [-0.1, -0.05) is 15.9 Å². The van der Waals surface area contributed by atoms with E-state index in [1.165, 1.54) is 0 Å². The molecule has 2 rings (SSSR count). The van der Waals surface area contributed by atoms with Crippen LogP contribution in [0.5, 0.6) is 5.75 Å². The van der Waals surface area contributed by atoms with E-state index in [1.807, 2.05) is 24.3 Å². The summed E-state index contributed by atoms with van der Waals surface area (Å²) in [7, 11) is 1.59. The van der Waals surface area contributed by atoms with Gasteiger partial charge in [-0.2, -0.15) is 5.26 Å². The molecule has 0 unspecified atom stereocenters. The van der Waals surface area contributed by atoms with Crippen molar-refractivity contribution in [2.24, 2.45) is 0 Å². The average Bonchev–Trinajstić information content (AvgIpc) is 2.38. The molecular weight excluding hydrogens is 335 g/mol. The zero-order valence-corrected chi connectivity index (χ0v) is 14.9. The van der Waals surface area contributed by atoms with Gasteiger partial charge < -0.3 is 14.6 Å². The van der Waals surface area contributed by atoms with E-state index in [9.17, 15) is 0 Å². The molecule has 98 valence electrons. The van der Waals surface area contributed by atoms with Crippen LogP contribution in [0.1, 0.15) is 12.6 Å². The molecule has 2 aromatic rings. The van der Waals surface area contributed by atoms with E-state index in [1.54, 1.807) is 13.2 Å². The molecule has 0 atom stereocenters. The Hall–Kier alpha value is -1.13. The van der Waals surface area contributed by atoms with Gasteiger partial charge in [-0.15, -0.1) is 0 Å². The van der Waals surface area contributed by atoms with Crippen LogP contribution in [0.2, 0.25) is 0 Å². The van der Waals surface area contributed by atoms with Crippen LogP contribution in [0.4, 0.5) is 0 Å². The Morgan fingerprint density at radius 2 is 2.00 bits per heavy atom. The largest absolute Gasteiger partial charge is 1.00 e. The van der Waals surface area contributed by atoms with Gasteiger partial charge in [-0.25, -0.2) is 4.98 Å². The second kappa shape index (κ2) is 8.93. The number of nitriles is 1. The number of rotatable bonds is 1. The molecule has 0 fully saturated rings. The van der Waals surface area contributed by atoms with E-state index < -0.39 is 5.97 Å². The van der Waals surface area contributed by atoms with Crippen molar-refractivity contribution in [3.8, 4) is 11.8 Å². The number of aliphatic carboxylic acids is 1. The summed E-state index contributed by atoms with van der Waals surface area (Å²) < 4.78 is 6.13. The van der Waals surface area contributed by atoms with E-state index in [0.717, 1.165) is 16.8 Å². The number of hydrogen-bond acceptors (Lipinski definition) is 5. The van der Waals surface area contributed by atoms with Crippen molar-refractivity contribution in [1.29, 1.82) is 5.26 Å². The molecule has 5 nitrogen and oxygen atoms in total. The monoisotopic (exact) mass is 344 g/mol. The number of methoxy groups -OCH3 is 1. The van der Waals surface area contributed by atoms with Crippen LogP contribution in [0.25, 0.3) is 10.9 Å². The van der Waals surface area contributed by atoms with Crippen molar-refractivity contribution >= 4 is 32.8 Å². The van der Waals surface area contributed by atoms with Crippen molar-refractivity contribution < 1.29 is 44.2 Å². The third-order valence-electron chi connectivity index (χ3n) is 2.10. The number of aromatic nitrogens is 1. The Morgan fingerprint density at radius 1 is 1.40 bits per heavy atom. The molecule has 0 aliphatic rings. The average molecular weight is 345 g/mol. The van der Waals surface area contributed by atoms with Gasteiger partial charge in [0.15, 0.2) is 0 Å². The number of carbonyl (C=O) groups excluding carboxylic acids is 1. The minimum Gasteiger partial charge on any atom is -0.550 e. The SMILES string of the molecule is CC(=O)[O-].COc1ccc(Br)c2ccc(C#N)nc12.[Na+]. The molecule has 0 saturated heterocycles. The maximum atomic E-state index is 8.89. The quantitative estimate of drug-likeness (QED) is 0.596. The van der Waals surface area contributed by atoms with Crippen LogP contribution in [0, 0.1) is 11.3 Å². The summed E-state index contributed by atoms with van der Waals surface area (Å²) in [6.45, 7) is 0.972. The number of hydrogen-bond donors (Lipinski definition) is 0. The summed E-state index contributed by atoms with van der Waals surface area (Å²) in [4.78, 5) is 13.1. The number of carbonyl (C=O) groups is 1. The van der Waals surface area contributed by atoms with Gasteiger partial charge in [0, 0.05) is 15.8 Å². The second-order valence-corrected chi connectivity index (χ2v) is 4.30. The number of nitrogens with zero attached hydrogens (tertiary/aromatic N) is 2. The Kier molecular flexibility index (Phi) is 8.42. The first-order chi connectivity index (χ1) is 8.99. The molecule has 0 saturated carbocycles. The maximum Gasteiger partial charge on any atom is 1.00 e. The fraction of sp³-hybridized carbons (Fsp3) is 0.154. The number of fused-ring (bicyclic) bond motifs is 1. The minimum atomic E-state index is -1.08. The van der Waals surface area contributed by atoms with Crippen LogP contribution in [-0.2, 0) is 4.79 Å². The molecule has 0 spiro atoms. The predicted molar refractivity (Wildman–Crippen MR) is 71.4 cm³/mol. The van der Waals surface area contributed by atoms with Gasteiger partial charge in [0.2, 0.25) is 0 Å². The second-order valence-electron chi connectivity index (χ2n) is 3.45. The number of benzene rings is 1. The van der Waals surface area contributed by atoms with E-state index >= 15 is 0 Å². The predicted octanol–water partition coefficient (Wildman–Crippen LogP) is -1.36. The number of pyridine rings is 1. The molecule has 7 heteroatoms. The van der Waals surface area contributed by atoms with Crippen LogP contribution < -0.4 is 39.4 Å². The Labute approximate surface area is 147 Å². The number of carboxylic acids is 1. The third kappa shape index (κ3) is 5.10. The van der Waals surface area contributed by atoms with E-state index in [0.29, 0.717) is 17.0 Å². The summed E-state index contributed by atoms with van der Waals surface area (Å²) in [6.07, 6.45) is 0. The van der Waals surface area contributed by atoms with Gasteiger partial charge in [-0.05, 0) is 31.2 Å². The molecule has 0 bridgehead atoms. The van der Waals surface area contributed by atoms with Gasteiger partial charge in [0.1, 0.15) is 23.0 Å². The van der Waals surface area contributed by atoms with Gasteiger partial charge in [0.25, 0.3) is 0 Å². The third-order valence-corrected chi connectivity index (χ3v) is 2.79. The molecule has 0 aliphatic carbocycles. The topological polar surface area (TPSA) is 86.0 Å². The molecule has 20 heavy (non-hydrogen) atoms. The van der Waals surface area contributed by atoms with Crippen molar-refractivity contribution in [2.45, 2.75) is 6.92 Å². The molecule has 0 radical (unpaired) electrons. The van der Waals surface area contributed by atoms with Crippen molar-refractivity contribution in [2.75, 3.05) is 7.11 Å². The normalized spacial score (nSPS) is 8.70.